The molecule has 26 heavy (non-hydrogen) atoms. The summed E-state index contributed by atoms with van der Waals surface area (Å²) >= 11 is 0. The maximum absolute atomic E-state index is 6.31. The molecule has 2 aromatic heterocycles. The first-order valence-electron chi connectivity index (χ1n) is 8.53. The van der Waals surface area contributed by atoms with E-state index in [-0.39, 0.29) is 0 Å². The predicted molar refractivity (Wildman–Crippen MR) is 107 cm³/mol. The lowest BCUT2D eigenvalue weighted by Gasteiger charge is -2.14. The lowest BCUT2D eigenvalue weighted by Crippen LogP contribution is -2.02. The average Bonchev–Trinajstić information content (AvgIpc) is 3.28. The number of nitrogens with zero attached hydrogens (tertiary/aromatic N) is 2. The number of nitrogens with one attached hydrogen (secondary N) is 2. The zero-order chi connectivity index (χ0) is 18.1. The summed E-state index contributed by atoms with van der Waals surface area (Å²) in [6.45, 7) is 4.19. The van der Waals surface area contributed by atoms with E-state index in [1.165, 1.54) is 11.4 Å². The molecule has 4 aromatic rings. The Balaban J connectivity index is 1.63. The molecule has 2 aromatic carbocycles. The maximum Gasteiger partial charge on any atom is 0.137 e. The second-order valence-electron chi connectivity index (χ2n) is 6.37. The third-order valence-electron chi connectivity index (χ3n) is 4.48. The van der Waals surface area contributed by atoms with Gasteiger partial charge < -0.3 is 20.6 Å². The van der Waals surface area contributed by atoms with Crippen molar-refractivity contribution in [2.24, 2.45) is 0 Å². The van der Waals surface area contributed by atoms with E-state index in [0.717, 1.165) is 28.5 Å². The molecule has 0 unspecified atom stereocenters. The van der Waals surface area contributed by atoms with Gasteiger partial charge in [-0.2, -0.15) is 0 Å². The van der Waals surface area contributed by atoms with E-state index in [1.54, 1.807) is 6.20 Å². The topological polar surface area (TPSA) is 71.7 Å². The molecule has 0 aliphatic heterocycles. The number of hydrogen-bond donors (Lipinski definition) is 3. The molecule has 0 saturated heterocycles. The fourth-order valence-corrected chi connectivity index (χ4v) is 3.20. The first kappa shape index (κ1) is 16.0. The van der Waals surface area contributed by atoms with Crippen LogP contribution in [0.15, 0.2) is 67.0 Å². The Kier molecular flexibility index (Phi) is 3.97. The van der Waals surface area contributed by atoms with Gasteiger partial charge in [0.15, 0.2) is 0 Å². The van der Waals surface area contributed by atoms with Gasteiger partial charge in [0.05, 0.1) is 11.4 Å². The summed E-state index contributed by atoms with van der Waals surface area (Å²) in [5, 5.41) is 3.40. The van der Waals surface area contributed by atoms with E-state index in [0.29, 0.717) is 5.69 Å². The lowest BCUT2D eigenvalue weighted by atomic mass is 10.1. The molecule has 5 heteroatoms. The zero-order valence-corrected chi connectivity index (χ0v) is 14.8. The molecule has 2 heterocycles. The molecule has 0 bridgehead atoms. The minimum atomic E-state index is 0.707. The molecule has 0 radical (unpaired) electrons. The van der Waals surface area contributed by atoms with Gasteiger partial charge in [-0.05, 0) is 56.3 Å². The van der Waals surface area contributed by atoms with Crippen LogP contribution in [0.5, 0.6) is 0 Å². The highest BCUT2D eigenvalue weighted by Crippen LogP contribution is 2.28. The summed E-state index contributed by atoms with van der Waals surface area (Å²) in [7, 11) is 0. The maximum atomic E-state index is 6.31. The standard InChI is InChI=1S/C21H21N5/c1-14-6-7-15(2)26(14)18-8-9-20(19(22)13-18)25-17-5-3-4-16(12-17)21-23-10-11-24-21/h3-13,25H,22H2,1-2H3,(H,23,24). The van der Waals surface area contributed by atoms with Gasteiger partial charge in [-0.15, -0.1) is 0 Å². The van der Waals surface area contributed by atoms with E-state index >= 15 is 0 Å². The summed E-state index contributed by atoms with van der Waals surface area (Å²) in [5.41, 5.74) is 13.3. The number of nitrogens with two attached hydrogens (primary N) is 1. The number of rotatable bonds is 4. The van der Waals surface area contributed by atoms with Gasteiger partial charge in [0, 0.05) is 40.7 Å². The first-order chi connectivity index (χ1) is 12.6. The van der Waals surface area contributed by atoms with Crippen LogP contribution < -0.4 is 11.1 Å². The quantitative estimate of drug-likeness (QED) is 0.466. The highest BCUT2D eigenvalue weighted by atomic mass is 15.0. The van der Waals surface area contributed by atoms with Crippen LogP contribution in [0.3, 0.4) is 0 Å². The van der Waals surface area contributed by atoms with Gasteiger partial charge in [-0.3, -0.25) is 0 Å². The molecule has 4 rings (SSSR count). The Hall–Kier alpha value is -3.47. The summed E-state index contributed by atoms with van der Waals surface area (Å²) < 4.78 is 2.19. The smallest absolute Gasteiger partial charge is 0.137 e. The Labute approximate surface area is 152 Å². The second kappa shape index (κ2) is 6.44. The van der Waals surface area contributed by atoms with Crippen LogP contribution in [0.2, 0.25) is 0 Å². The van der Waals surface area contributed by atoms with E-state index in [4.69, 9.17) is 5.73 Å². The van der Waals surface area contributed by atoms with Crippen molar-refractivity contribution >= 4 is 17.1 Å². The van der Waals surface area contributed by atoms with Gasteiger partial charge in [0.1, 0.15) is 5.82 Å². The highest BCUT2D eigenvalue weighted by molar-refractivity contribution is 5.76. The third kappa shape index (κ3) is 2.95. The Morgan fingerprint density at radius 1 is 1.00 bits per heavy atom. The van der Waals surface area contributed by atoms with E-state index in [1.807, 2.05) is 42.6 Å². The Morgan fingerprint density at radius 2 is 1.81 bits per heavy atom. The molecule has 0 fully saturated rings. The molecule has 0 amide bonds. The van der Waals surface area contributed by atoms with Crippen LogP contribution in [-0.4, -0.2) is 14.5 Å². The van der Waals surface area contributed by atoms with Crippen molar-refractivity contribution in [1.29, 1.82) is 0 Å². The van der Waals surface area contributed by atoms with Crippen molar-refractivity contribution in [1.82, 2.24) is 14.5 Å². The van der Waals surface area contributed by atoms with Crippen LogP contribution in [0.1, 0.15) is 11.4 Å². The van der Waals surface area contributed by atoms with Gasteiger partial charge >= 0.3 is 0 Å². The fourth-order valence-electron chi connectivity index (χ4n) is 3.20. The number of nitrogen functional groups attached to an aromatic ring is 1. The lowest BCUT2D eigenvalue weighted by molar-refractivity contribution is 0.967. The van der Waals surface area contributed by atoms with Gasteiger partial charge in [0.2, 0.25) is 0 Å². The number of imidazole rings is 1. The van der Waals surface area contributed by atoms with Crippen molar-refractivity contribution in [2.45, 2.75) is 13.8 Å². The number of aryl methyl sites for hydroxylation is 2. The SMILES string of the molecule is Cc1ccc(C)n1-c1ccc(Nc2cccc(-c3ncc[nH]3)c2)c(N)c1. The van der Waals surface area contributed by atoms with Crippen molar-refractivity contribution in [3.63, 3.8) is 0 Å². The Bertz CT molecular complexity index is 1020. The van der Waals surface area contributed by atoms with Crippen LogP contribution in [0.25, 0.3) is 17.1 Å². The fraction of sp³-hybridized carbons (Fsp3) is 0.0952. The third-order valence-corrected chi connectivity index (χ3v) is 4.48. The van der Waals surface area contributed by atoms with E-state index < -0.39 is 0 Å². The predicted octanol–water partition coefficient (Wildman–Crippen LogP) is 4.81. The summed E-state index contributed by atoms with van der Waals surface area (Å²) in [6, 6.07) is 18.4. The largest absolute Gasteiger partial charge is 0.397 e. The number of benzene rings is 2. The van der Waals surface area contributed by atoms with Crippen LogP contribution in [0, 0.1) is 13.8 Å². The molecule has 130 valence electrons. The zero-order valence-electron chi connectivity index (χ0n) is 14.8. The molecule has 0 atom stereocenters. The van der Waals surface area contributed by atoms with E-state index in [2.05, 4.69) is 51.9 Å². The first-order valence-corrected chi connectivity index (χ1v) is 8.53. The monoisotopic (exact) mass is 343 g/mol. The number of H-pyrrole nitrogens is 1. The summed E-state index contributed by atoms with van der Waals surface area (Å²) in [6.07, 6.45) is 3.56. The number of aromatic nitrogens is 3. The van der Waals surface area contributed by atoms with Gasteiger partial charge in [-0.25, -0.2) is 4.98 Å². The van der Waals surface area contributed by atoms with Crippen LogP contribution >= 0.6 is 0 Å². The molecule has 0 saturated carbocycles. The summed E-state index contributed by atoms with van der Waals surface area (Å²) in [5.74, 6) is 0.843. The van der Waals surface area contributed by atoms with Crippen LogP contribution in [-0.2, 0) is 0 Å². The number of aromatic amines is 1. The second-order valence-corrected chi connectivity index (χ2v) is 6.37. The average molecular weight is 343 g/mol. The van der Waals surface area contributed by atoms with Crippen molar-refractivity contribution in [3.05, 3.63) is 78.4 Å². The normalized spacial score (nSPS) is 10.8. The Morgan fingerprint density at radius 3 is 2.50 bits per heavy atom. The molecule has 5 nitrogen and oxygen atoms in total. The van der Waals surface area contributed by atoms with Crippen LogP contribution in [0.4, 0.5) is 17.1 Å². The molecule has 4 N–H and O–H groups in total. The number of hydrogen-bond acceptors (Lipinski definition) is 3. The minimum absolute atomic E-state index is 0.707. The van der Waals surface area contributed by atoms with Gasteiger partial charge in [0.25, 0.3) is 0 Å². The molecule has 0 aliphatic rings. The molecule has 0 aliphatic carbocycles. The highest BCUT2D eigenvalue weighted by Gasteiger charge is 2.08. The molecule has 0 spiro atoms. The van der Waals surface area contributed by atoms with Crippen molar-refractivity contribution in [3.8, 4) is 17.1 Å². The summed E-state index contributed by atoms with van der Waals surface area (Å²) in [4.78, 5) is 7.42. The van der Waals surface area contributed by atoms with E-state index in [9.17, 15) is 0 Å². The minimum Gasteiger partial charge on any atom is -0.397 e. The molecular weight excluding hydrogens is 322 g/mol. The number of anilines is 3. The van der Waals surface area contributed by atoms with Crippen molar-refractivity contribution < 1.29 is 0 Å². The molecular formula is C21H21N5. The van der Waals surface area contributed by atoms with Crippen molar-refractivity contribution in [2.75, 3.05) is 11.1 Å². The van der Waals surface area contributed by atoms with Gasteiger partial charge in [-0.1, -0.05) is 12.1 Å².